The van der Waals surface area contributed by atoms with Crippen LogP contribution in [0.25, 0.3) is 0 Å². The van der Waals surface area contributed by atoms with E-state index in [4.69, 9.17) is 0 Å². The first-order valence-corrected chi connectivity index (χ1v) is 8.61. The van der Waals surface area contributed by atoms with Gasteiger partial charge in [0, 0.05) is 23.8 Å². The summed E-state index contributed by atoms with van der Waals surface area (Å²) in [5, 5.41) is 10.8. The highest BCUT2D eigenvalue weighted by Gasteiger charge is 2.29. The number of urea groups is 1. The first-order valence-electron chi connectivity index (χ1n) is 8.61. The Balaban J connectivity index is 1.78. The number of rotatable bonds is 7. The molecule has 1 aliphatic carbocycles. The van der Waals surface area contributed by atoms with Gasteiger partial charge in [-0.25, -0.2) is 4.79 Å². The maximum atomic E-state index is 12.0. The van der Waals surface area contributed by atoms with Gasteiger partial charge in [0.2, 0.25) is 11.8 Å². The van der Waals surface area contributed by atoms with Gasteiger partial charge in [-0.15, -0.1) is 0 Å². The van der Waals surface area contributed by atoms with E-state index in [9.17, 15) is 14.4 Å². The molecule has 4 N–H and O–H groups in total. The van der Waals surface area contributed by atoms with Crippen molar-refractivity contribution in [1.29, 1.82) is 0 Å². The predicted molar refractivity (Wildman–Crippen MR) is 97.3 cm³/mol. The van der Waals surface area contributed by atoms with Crippen LogP contribution in [-0.2, 0) is 9.59 Å². The van der Waals surface area contributed by atoms with Crippen molar-refractivity contribution in [2.75, 3.05) is 17.2 Å². The molecule has 0 aliphatic heterocycles. The molecule has 1 unspecified atom stereocenters. The third kappa shape index (κ3) is 6.45. The molecule has 1 atom stereocenters. The molecule has 4 amide bonds. The number of carbonyl (C=O) groups excluding carboxylic acids is 3. The van der Waals surface area contributed by atoms with Gasteiger partial charge in [0.1, 0.15) is 6.04 Å². The van der Waals surface area contributed by atoms with Gasteiger partial charge in [-0.3, -0.25) is 14.9 Å². The van der Waals surface area contributed by atoms with E-state index in [1.165, 1.54) is 0 Å². The van der Waals surface area contributed by atoms with Crippen LogP contribution in [0, 0.1) is 11.8 Å². The topological polar surface area (TPSA) is 99.3 Å². The van der Waals surface area contributed by atoms with E-state index < -0.39 is 18.0 Å². The lowest BCUT2D eigenvalue weighted by Crippen LogP contribution is -2.46. The van der Waals surface area contributed by atoms with Crippen molar-refractivity contribution in [3.63, 3.8) is 0 Å². The van der Waals surface area contributed by atoms with E-state index >= 15 is 0 Å². The van der Waals surface area contributed by atoms with Crippen molar-refractivity contribution in [3.8, 4) is 0 Å². The number of hydrogen-bond acceptors (Lipinski definition) is 4. The molecule has 1 aliphatic rings. The zero-order valence-corrected chi connectivity index (χ0v) is 14.9. The Labute approximate surface area is 147 Å². The highest BCUT2D eigenvalue weighted by molar-refractivity contribution is 5.98. The smallest absolute Gasteiger partial charge is 0.321 e. The van der Waals surface area contributed by atoms with Gasteiger partial charge < -0.3 is 16.0 Å². The summed E-state index contributed by atoms with van der Waals surface area (Å²) in [4.78, 5) is 35.3. The molecule has 1 saturated carbocycles. The highest BCUT2D eigenvalue weighted by atomic mass is 16.2. The molecule has 136 valence electrons. The van der Waals surface area contributed by atoms with Crippen LogP contribution in [0.15, 0.2) is 24.3 Å². The van der Waals surface area contributed by atoms with Crippen LogP contribution in [0.5, 0.6) is 0 Å². The number of imide groups is 1. The number of hydrogen-bond donors (Lipinski definition) is 4. The summed E-state index contributed by atoms with van der Waals surface area (Å²) in [6.45, 7) is 6.13. The summed E-state index contributed by atoms with van der Waals surface area (Å²) in [6, 6.07) is 6.06. The van der Waals surface area contributed by atoms with Crippen molar-refractivity contribution in [1.82, 2.24) is 10.6 Å². The van der Waals surface area contributed by atoms with Crippen LogP contribution in [0.4, 0.5) is 16.2 Å². The first kappa shape index (κ1) is 18.8. The van der Waals surface area contributed by atoms with Gasteiger partial charge in [-0.1, -0.05) is 13.8 Å². The van der Waals surface area contributed by atoms with E-state index in [0.29, 0.717) is 12.5 Å². The average Bonchev–Trinajstić information content (AvgIpc) is 3.39. The average molecular weight is 346 g/mol. The van der Waals surface area contributed by atoms with Crippen LogP contribution < -0.4 is 21.3 Å². The quantitative estimate of drug-likeness (QED) is 0.609. The molecule has 0 heterocycles. The molecule has 0 saturated heterocycles. The Morgan fingerprint density at radius 1 is 1.04 bits per heavy atom. The lowest BCUT2D eigenvalue weighted by atomic mass is 10.2. The number of benzene rings is 1. The maximum absolute atomic E-state index is 12.0. The van der Waals surface area contributed by atoms with Crippen LogP contribution in [0.2, 0.25) is 0 Å². The van der Waals surface area contributed by atoms with E-state index in [-0.39, 0.29) is 11.8 Å². The van der Waals surface area contributed by atoms with Crippen LogP contribution in [-0.4, -0.2) is 30.4 Å². The molecule has 0 spiro atoms. The second kappa shape index (κ2) is 8.50. The Bertz CT molecular complexity index is 624. The molecule has 2 rings (SSSR count). The summed E-state index contributed by atoms with van der Waals surface area (Å²) in [7, 11) is 0. The number of carbonyl (C=O) groups is 3. The zero-order valence-electron chi connectivity index (χ0n) is 14.9. The van der Waals surface area contributed by atoms with Crippen molar-refractivity contribution in [2.24, 2.45) is 11.8 Å². The number of nitrogens with one attached hydrogen (secondary N) is 4. The molecular formula is C18H26N4O3. The third-order valence-corrected chi connectivity index (χ3v) is 3.78. The van der Waals surface area contributed by atoms with E-state index in [1.807, 2.05) is 13.8 Å². The maximum Gasteiger partial charge on any atom is 0.321 e. The Morgan fingerprint density at radius 3 is 2.20 bits per heavy atom. The summed E-state index contributed by atoms with van der Waals surface area (Å²) >= 11 is 0. The molecule has 7 heteroatoms. The molecule has 25 heavy (non-hydrogen) atoms. The normalized spacial score (nSPS) is 14.6. The fourth-order valence-electron chi connectivity index (χ4n) is 2.12. The summed E-state index contributed by atoms with van der Waals surface area (Å²) in [6.07, 6.45) is 1.92. The molecule has 0 aromatic heterocycles. The standard InChI is InChI=1S/C18H26N4O3/c1-11(2)10-19-18(25)22-16(23)12(3)20-14-6-8-15(9-7-14)21-17(24)13-4-5-13/h6-9,11-13,20H,4-5,10H2,1-3H3,(H,21,24)(H2,19,22,23,25). The van der Waals surface area contributed by atoms with Crippen molar-refractivity contribution in [2.45, 2.75) is 39.7 Å². The van der Waals surface area contributed by atoms with E-state index in [2.05, 4.69) is 21.3 Å². The lowest BCUT2D eigenvalue weighted by molar-refractivity contribution is -0.120. The summed E-state index contributed by atoms with van der Waals surface area (Å²) < 4.78 is 0. The Kier molecular flexibility index (Phi) is 6.38. The largest absolute Gasteiger partial charge is 0.374 e. The Hall–Kier alpha value is -2.57. The zero-order chi connectivity index (χ0) is 18.4. The van der Waals surface area contributed by atoms with Gasteiger partial charge in [-0.05, 0) is 49.9 Å². The molecule has 1 aromatic carbocycles. The molecule has 1 fully saturated rings. The third-order valence-electron chi connectivity index (χ3n) is 3.78. The monoisotopic (exact) mass is 346 g/mol. The fourth-order valence-corrected chi connectivity index (χ4v) is 2.12. The SMILES string of the molecule is CC(C)CNC(=O)NC(=O)C(C)Nc1ccc(NC(=O)C2CC2)cc1. The minimum Gasteiger partial charge on any atom is -0.374 e. The van der Waals surface area contributed by atoms with E-state index in [1.54, 1.807) is 31.2 Å². The number of anilines is 2. The molecule has 1 aromatic rings. The second-order valence-electron chi connectivity index (χ2n) is 6.80. The van der Waals surface area contributed by atoms with Gasteiger partial charge in [0.25, 0.3) is 0 Å². The van der Waals surface area contributed by atoms with Gasteiger partial charge in [-0.2, -0.15) is 0 Å². The Morgan fingerprint density at radius 2 is 1.64 bits per heavy atom. The van der Waals surface area contributed by atoms with Gasteiger partial charge in [0.15, 0.2) is 0 Å². The highest BCUT2D eigenvalue weighted by Crippen LogP contribution is 2.30. The summed E-state index contributed by atoms with van der Waals surface area (Å²) in [5.74, 6) is 0.118. The van der Waals surface area contributed by atoms with Crippen molar-refractivity contribution in [3.05, 3.63) is 24.3 Å². The second-order valence-corrected chi connectivity index (χ2v) is 6.80. The lowest BCUT2D eigenvalue weighted by Gasteiger charge is -2.16. The minimum absolute atomic E-state index is 0.0564. The number of amides is 4. The fraction of sp³-hybridized carbons (Fsp3) is 0.500. The van der Waals surface area contributed by atoms with Crippen LogP contribution in [0.3, 0.4) is 0 Å². The van der Waals surface area contributed by atoms with Crippen molar-refractivity contribution >= 4 is 29.2 Å². The van der Waals surface area contributed by atoms with Crippen molar-refractivity contribution < 1.29 is 14.4 Å². The van der Waals surface area contributed by atoms with Gasteiger partial charge in [0.05, 0.1) is 0 Å². The summed E-state index contributed by atoms with van der Waals surface area (Å²) in [5.41, 5.74) is 1.46. The molecular weight excluding hydrogens is 320 g/mol. The molecule has 0 bridgehead atoms. The minimum atomic E-state index is -0.572. The molecule has 7 nitrogen and oxygen atoms in total. The first-order chi connectivity index (χ1) is 11.8. The van der Waals surface area contributed by atoms with Gasteiger partial charge >= 0.3 is 6.03 Å². The predicted octanol–water partition coefficient (Wildman–Crippen LogP) is 2.32. The van der Waals surface area contributed by atoms with Crippen LogP contribution >= 0.6 is 0 Å². The molecule has 0 radical (unpaired) electrons. The van der Waals surface area contributed by atoms with E-state index in [0.717, 1.165) is 24.2 Å². The van der Waals surface area contributed by atoms with Crippen LogP contribution in [0.1, 0.15) is 33.6 Å².